The topological polar surface area (TPSA) is 77.8 Å². The number of rotatable bonds is 8. The predicted molar refractivity (Wildman–Crippen MR) is 104 cm³/mol. The highest BCUT2D eigenvalue weighted by Crippen LogP contribution is 2.36. The number of benzene rings is 1. The lowest BCUT2D eigenvalue weighted by Crippen LogP contribution is -2.57. The Morgan fingerprint density at radius 1 is 1.31 bits per heavy atom. The first-order valence-corrected chi connectivity index (χ1v) is 10.2. The Hall–Kier alpha value is -1.53. The molecule has 0 bridgehead atoms. The Balaban J connectivity index is 2.03. The van der Waals surface area contributed by atoms with E-state index in [2.05, 4.69) is 0 Å². The van der Waals surface area contributed by atoms with Crippen molar-refractivity contribution in [3.05, 3.63) is 35.9 Å². The summed E-state index contributed by atoms with van der Waals surface area (Å²) >= 11 is 1.56. The second-order valence-electron chi connectivity index (χ2n) is 7.28. The highest BCUT2D eigenvalue weighted by atomic mass is 32.2. The van der Waals surface area contributed by atoms with Crippen molar-refractivity contribution in [1.29, 1.82) is 0 Å². The van der Waals surface area contributed by atoms with Crippen molar-refractivity contribution in [3.63, 3.8) is 0 Å². The average Bonchev–Trinajstić information content (AvgIpc) is 2.62. The van der Waals surface area contributed by atoms with Gasteiger partial charge in [0.1, 0.15) is 5.41 Å². The molecule has 1 saturated heterocycles. The summed E-state index contributed by atoms with van der Waals surface area (Å²) in [6, 6.07) is 9.91. The zero-order valence-corrected chi connectivity index (χ0v) is 16.4. The van der Waals surface area contributed by atoms with Crippen molar-refractivity contribution in [1.82, 2.24) is 4.90 Å². The van der Waals surface area contributed by atoms with E-state index in [9.17, 15) is 19.8 Å². The minimum atomic E-state index is -1.27. The van der Waals surface area contributed by atoms with E-state index >= 15 is 0 Å². The highest BCUT2D eigenvalue weighted by molar-refractivity contribution is 8.00. The molecule has 1 amide bonds. The Morgan fingerprint density at radius 2 is 2.00 bits per heavy atom. The summed E-state index contributed by atoms with van der Waals surface area (Å²) in [5.41, 5.74) is -0.120. The van der Waals surface area contributed by atoms with E-state index in [0.717, 1.165) is 12.0 Å². The lowest BCUT2D eigenvalue weighted by molar-refractivity contribution is -0.166. The van der Waals surface area contributed by atoms with Gasteiger partial charge < -0.3 is 15.1 Å². The average molecular weight is 380 g/mol. The lowest BCUT2D eigenvalue weighted by Gasteiger charge is -2.43. The fourth-order valence-corrected chi connectivity index (χ4v) is 4.10. The standard InChI is InChI=1S/C20H29NO4S/c1-15(2)26-13-18(23)21-12-10-17(22)20(14-21,19(24)25)11-6-9-16-7-4-3-5-8-16/h3-5,7-8,15,17,22H,6,9-14H2,1-2H3,(H,24,25)/t17-,20-/m1/s1. The summed E-state index contributed by atoms with van der Waals surface area (Å²) in [6.45, 7) is 4.58. The maximum absolute atomic E-state index is 12.4. The molecule has 144 valence electrons. The van der Waals surface area contributed by atoms with Gasteiger partial charge in [0.25, 0.3) is 0 Å². The number of amides is 1. The van der Waals surface area contributed by atoms with Gasteiger partial charge >= 0.3 is 5.97 Å². The predicted octanol–water partition coefficient (Wildman–Crippen LogP) is 2.82. The van der Waals surface area contributed by atoms with E-state index in [-0.39, 0.29) is 12.5 Å². The quantitative estimate of drug-likeness (QED) is 0.726. The van der Waals surface area contributed by atoms with Crippen LogP contribution < -0.4 is 0 Å². The van der Waals surface area contributed by atoms with Gasteiger partial charge in [0.05, 0.1) is 11.9 Å². The van der Waals surface area contributed by atoms with Gasteiger partial charge in [0.15, 0.2) is 0 Å². The van der Waals surface area contributed by atoms with Gasteiger partial charge in [-0.3, -0.25) is 9.59 Å². The van der Waals surface area contributed by atoms with Crippen molar-refractivity contribution in [3.8, 4) is 0 Å². The molecular weight excluding hydrogens is 350 g/mol. The maximum atomic E-state index is 12.4. The van der Waals surface area contributed by atoms with E-state index in [1.807, 2.05) is 44.2 Å². The number of aliphatic hydroxyl groups excluding tert-OH is 1. The number of carboxylic acids is 1. The van der Waals surface area contributed by atoms with Crippen LogP contribution in [0.4, 0.5) is 0 Å². The van der Waals surface area contributed by atoms with Gasteiger partial charge in [-0.15, -0.1) is 11.8 Å². The van der Waals surface area contributed by atoms with Crippen molar-refractivity contribution in [2.24, 2.45) is 5.41 Å². The van der Waals surface area contributed by atoms with Gasteiger partial charge in [-0.25, -0.2) is 0 Å². The zero-order valence-electron chi connectivity index (χ0n) is 15.6. The van der Waals surface area contributed by atoms with Crippen LogP contribution in [0.3, 0.4) is 0 Å². The first kappa shape index (κ1) is 20.8. The molecule has 0 spiro atoms. The van der Waals surface area contributed by atoms with E-state index in [1.165, 1.54) is 0 Å². The van der Waals surface area contributed by atoms with Gasteiger partial charge in [-0.05, 0) is 36.5 Å². The Kier molecular flexibility index (Phi) is 7.53. The first-order chi connectivity index (χ1) is 12.3. The molecule has 26 heavy (non-hydrogen) atoms. The van der Waals surface area contributed by atoms with Crippen LogP contribution in [0.15, 0.2) is 30.3 Å². The molecule has 1 heterocycles. The van der Waals surface area contributed by atoms with Crippen LogP contribution in [-0.4, -0.2) is 57.2 Å². The molecular formula is C20H29NO4S. The summed E-state index contributed by atoms with van der Waals surface area (Å²) < 4.78 is 0. The summed E-state index contributed by atoms with van der Waals surface area (Å²) in [5, 5.41) is 20.7. The van der Waals surface area contributed by atoms with Crippen LogP contribution in [0.25, 0.3) is 0 Å². The second kappa shape index (κ2) is 9.42. The van der Waals surface area contributed by atoms with Crippen LogP contribution in [0, 0.1) is 5.41 Å². The molecule has 1 aliphatic heterocycles. The van der Waals surface area contributed by atoms with Gasteiger partial charge in [-0.2, -0.15) is 0 Å². The van der Waals surface area contributed by atoms with Crippen LogP contribution in [-0.2, 0) is 16.0 Å². The number of nitrogens with zero attached hydrogens (tertiary/aromatic N) is 1. The van der Waals surface area contributed by atoms with Crippen LogP contribution in [0.2, 0.25) is 0 Å². The number of hydrogen-bond acceptors (Lipinski definition) is 4. The maximum Gasteiger partial charge on any atom is 0.314 e. The molecule has 0 radical (unpaired) electrons. The number of aliphatic carboxylic acids is 1. The summed E-state index contributed by atoms with van der Waals surface area (Å²) in [4.78, 5) is 26.1. The Labute approximate surface area is 159 Å². The summed E-state index contributed by atoms with van der Waals surface area (Å²) in [5.74, 6) is -0.690. The molecule has 1 aliphatic rings. The van der Waals surface area contributed by atoms with E-state index in [1.54, 1.807) is 16.7 Å². The van der Waals surface area contributed by atoms with E-state index < -0.39 is 17.5 Å². The van der Waals surface area contributed by atoms with Crippen molar-refractivity contribution in [2.75, 3.05) is 18.8 Å². The normalized spacial score (nSPS) is 23.2. The Bertz CT molecular complexity index is 607. The van der Waals surface area contributed by atoms with Crippen molar-refractivity contribution in [2.45, 2.75) is 50.9 Å². The van der Waals surface area contributed by atoms with Crippen molar-refractivity contribution < 1.29 is 19.8 Å². The molecule has 1 aromatic rings. The number of carbonyl (C=O) groups excluding carboxylic acids is 1. The molecule has 2 atom stereocenters. The number of piperidine rings is 1. The first-order valence-electron chi connectivity index (χ1n) is 9.20. The van der Waals surface area contributed by atoms with Gasteiger partial charge in [0, 0.05) is 13.1 Å². The Morgan fingerprint density at radius 3 is 2.62 bits per heavy atom. The van der Waals surface area contributed by atoms with Crippen LogP contribution in [0.5, 0.6) is 0 Å². The molecule has 0 aliphatic carbocycles. The molecule has 2 rings (SSSR count). The monoisotopic (exact) mass is 379 g/mol. The number of aliphatic hydroxyl groups is 1. The lowest BCUT2D eigenvalue weighted by atomic mass is 9.73. The largest absolute Gasteiger partial charge is 0.481 e. The third kappa shape index (κ3) is 5.24. The molecule has 5 nitrogen and oxygen atoms in total. The number of aryl methyl sites for hydroxylation is 1. The van der Waals surface area contributed by atoms with Crippen molar-refractivity contribution >= 4 is 23.6 Å². The summed E-state index contributed by atoms with van der Waals surface area (Å²) in [7, 11) is 0. The third-order valence-electron chi connectivity index (χ3n) is 5.03. The smallest absolute Gasteiger partial charge is 0.314 e. The van der Waals surface area contributed by atoms with Gasteiger partial charge in [0.2, 0.25) is 5.91 Å². The molecule has 6 heteroatoms. The third-order valence-corrected chi connectivity index (χ3v) is 6.11. The number of hydrogen-bond donors (Lipinski definition) is 2. The molecule has 2 N–H and O–H groups in total. The highest BCUT2D eigenvalue weighted by Gasteiger charge is 2.49. The summed E-state index contributed by atoms with van der Waals surface area (Å²) in [6.07, 6.45) is 1.18. The van der Waals surface area contributed by atoms with E-state index in [4.69, 9.17) is 0 Å². The molecule has 1 aromatic carbocycles. The number of thioether (sulfide) groups is 1. The molecule has 1 fully saturated rings. The molecule has 0 aromatic heterocycles. The number of carbonyl (C=O) groups is 2. The number of likely N-dealkylation sites (tertiary alicyclic amines) is 1. The fraction of sp³-hybridized carbons (Fsp3) is 0.600. The van der Waals surface area contributed by atoms with Gasteiger partial charge in [-0.1, -0.05) is 44.2 Å². The van der Waals surface area contributed by atoms with Crippen LogP contribution in [0.1, 0.15) is 38.7 Å². The molecule has 0 saturated carbocycles. The SMILES string of the molecule is CC(C)SCC(=O)N1CC[C@@H](O)[C@](CCCc2ccccc2)(C(=O)O)C1. The van der Waals surface area contributed by atoms with Crippen LogP contribution >= 0.6 is 11.8 Å². The zero-order chi connectivity index (χ0) is 19.2. The fourth-order valence-electron chi connectivity index (χ4n) is 3.44. The second-order valence-corrected chi connectivity index (χ2v) is 8.84. The number of carboxylic acid groups (broad SMARTS) is 1. The minimum absolute atomic E-state index is 0.0377. The molecule has 0 unspecified atom stereocenters. The minimum Gasteiger partial charge on any atom is -0.481 e. The van der Waals surface area contributed by atoms with E-state index in [0.29, 0.717) is 36.8 Å².